The number of carbonyl (C=O) groups excluding carboxylic acids is 1. The first-order valence-corrected chi connectivity index (χ1v) is 6.25. The highest BCUT2D eigenvalue weighted by molar-refractivity contribution is 5.86. The van der Waals surface area contributed by atoms with Crippen LogP contribution in [0.15, 0.2) is 12.2 Å². The van der Waals surface area contributed by atoms with Gasteiger partial charge in [0.2, 0.25) is 0 Å². The first-order chi connectivity index (χ1) is 8.51. The lowest BCUT2D eigenvalue weighted by molar-refractivity contribution is -0.381. The zero-order valence-electron chi connectivity index (χ0n) is 11.8. The molecule has 5 heteroatoms. The van der Waals surface area contributed by atoms with Crippen LogP contribution < -0.4 is 0 Å². The van der Waals surface area contributed by atoms with Gasteiger partial charge in [0.1, 0.15) is 0 Å². The number of carbonyl (C=O) groups is 1. The van der Waals surface area contributed by atoms with Crippen molar-refractivity contribution in [2.75, 3.05) is 26.4 Å². The van der Waals surface area contributed by atoms with E-state index in [2.05, 4.69) is 6.58 Å². The maximum atomic E-state index is 11.3. The van der Waals surface area contributed by atoms with Gasteiger partial charge in [0.25, 0.3) is 5.97 Å². The molecule has 0 bridgehead atoms. The van der Waals surface area contributed by atoms with E-state index in [1.165, 1.54) is 0 Å². The van der Waals surface area contributed by atoms with Crippen LogP contribution in [0.4, 0.5) is 0 Å². The quantitative estimate of drug-likeness (QED) is 0.342. The second kappa shape index (κ2) is 9.08. The maximum Gasteiger partial charge on any atom is 0.333 e. The van der Waals surface area contributed by atoms with Crippen molar-refractivity contribution in [3.05, 3.63) is 12.2 Å². The molecule has 0 aromatic carbocycles. The molecular formula is C13H24O5. The molecule has 0 saturated carbocycles. The fourth-order valence-corrected chi connectivity index (χ4v) is 1.39. The van der Waals surface area contributed by atoms with Crippen molar-refractivity contribution >= 4 is 5.97 Å². The number of ether oxygens (including phenoxy) is 4. The topological polar surface area (TPSA) is 54.0 Å². The van der Waals surface area contributed by atoms with Crippen LogP contribution in [0.3, 0.4) is 0 Å². The largest absolute Gasteiger partial charge is 0.462 e. The molecule has 0 N–H and O–H groups in total. The molecule has 18 heavy (non-hydrogen) atoms. The Labute approximate surface area is 109 Å². The second-order valence-electron chi connectivity index (χ2n) is 3.65. The predicted molar refractivity (Wildman–Crippen MR) is 68.0 cm³/mol. The summed E-state index contributed by atoms with van der Waals surface area (Å²) < 4.78 is 21.5. The molecule has 0 fully saturated rings. The Hall–Kier alpha value is -0.910. The Balaban J connectivity index is 4.37. The van der Waals surface area contributed by atoms with Crippen LogP contribution in [-0.2, 0) is 23.7 Å². The van der Waals surface area contributed by atoms with Crippen LogP contribution >= 0.6 is 0 Å². The van der Waals surface area contributed by atoms with Gasteiger partial charge < -0.3 is 18.9 Å². The van der Waals surface area contributed by atoms with E-state index in [-0.39, 0.29) is 6.61 Å². The monoisotopic (exact) mass is 260 g/mol. The highest BCUT2D eigenvalue weighted by Crippen LogP contribution is 2.20. The Bertz CT molecular complexity index is 245. The summed E-state index contributed by atoms with van der Waals surface area (Å²) in [5, 5.41) is 0. The second-order valence-corrected chi connectivity index (χ2v) is 3.65. The first-order valence-electron chi connectivity index (χ1n) is 6.25. The van der Waals surface area contributed by atoms with Gasteiger partial charge in [0.15, 0.2) is 0 Å². The zero-order valence-corrected chi connectivity index (χ0v) is 11.8. The van der Waals surface area contributed by atoms with Crippen molar-refractivity contribution in [2.24, 2.45) is 0 Å². The van der Waals surface area contributed by atoms with E-state index in [1.807, 2.05) is 20.8 Å². The van der Waals surface area contributed by atoms with Crippen LogP contribution in [0.2, 0.25) is 0 Å². The molecule has 0 spiro atoms. The molecule has 0 heterocycles. The van der Waals surface area contributed by atoms with E-state index in [0.29, 0.717) is 31.8 Å². The fraction of sp³-hybridized carbons (Fsp3) is 0.769. The highest BCUT2D eigenvalue weighted by Gasteiger charge is 2.32. The highest BCUT2D eigenvalue weighted by atomic mass is 16.9. The smallest absolute Gasteiger partial charge is 0.333 e. The average molecular weight is 260 g/mol. The molecule has 0 saturated heterocycles. The van der Waals surface area contributed by atoms with Crippen LogP contribution in [-0.4, -0.2) is 38.4 Å². The van der Waals surface area contributed by atoms with E-state index in [0.717, 1.165) is 0 Å². The molecule has 0 atom stereocenters. The average Bonchev–Trinajstić information content (AvgIpc) is 2.29. The fourth-order valence-electron chi connectivity index (χ4n) is 1.39. The Morgan fingerprint density at radius 2 is 1.50 bits per heavy atom. The normalized spacial score (nSPS) is 11.3. The van der Waals surface area contributed by atoms with Crippen molar-refractivity contribution < 1.29 is 23.7 Å². The van der Waals surface area contributed by atoms with Gasteiger partial charge in [-0.05, 0) is 27.7 Å². The molecular weight excluding hydrogens is 236 g/mol. The summed E-state index contributed by atoms with van der Waals surface area (Å²) in [7, 11) is 0. The van der Waals surface area contributed by atoms with E-state index in [1.54, 1.807) is 6.92 Å². The Morgan fingerprint density at radius 1 is 1.06 bits per heavy atom. The van der Waals surface area contributed by atoms with Crippen molar-refractivity contribution in [3.63, 3.8) is 0 Å². The molecule has 0 aliphatic carbocycles. The number of hydrogen-bond acceptors (Lipinski definition) is 5. The number of rotatable bonds is 10. The molecule has 0 aliphatic rings. The van der Waals surface area contributed by atoms with E-state index < -0.39 is 11.9 Å². The first kappa shape index (κ1) is 17.1. The van der Waals surface area contributed by atoms with Crippen LogP contribution in [0.5, 0.6) is 0 Å². The third-order valence-electron chi connectivity index (χ3n) is 2.08. The van der Waals surface area contributed by atoms with Crippen molar-refractivity contribution in [1.82, 2.24) is 0 Å². The summed E-state index contributed by atoms with van der Waals surface area (Å²) >= 11 is 0. The van der Waals surface area contributed by atoms with Crippen molar-refractivity contribution in [3.8, 4) is 0 Å². The minimum Gasteiger partial charge on any atom is -0.462 e. The van der Waals surface area contributed by atoms with E-state index in [9.17, 15) is 4.79 Å². The SMILES string of the molecule is C=C(C)C(=O)OCCC(OCC)(OCC)OCC. The molecule has 0 rings (SSSR count). The Kier molecular flexibility index (Phi) is 8.62. The van der Waals surface area contributed by atoms with Gasteiger partial charge in [0, 0.05) is 25.4 Å². The van der Waals surface area contributed by atoms with Gasteiger partial charge in [-0.15, -0.1) is 0 Å². The molecule has 0 amide bonds. The summed E-state index contributed by atoms with van der Waals surface area (Å²) in [4.78, 5) is 11.3. The summed E-state index contributed by atoms with van der Waals surface area (Å²) in [5.41, 5.74) is 0.366. The van der Waals surface area contributed by atoms with Gasteiger partial charge in [-0.3, -0.25) is 0 Å². The number of esters is 1. The van der Waals surface area contributed by atoms with Gasteiger partial charge in [-0.25, -0.2) is 4.79 Å². The van der Waals surface area contributed by atoms with Gasteiger partial charge in [0.05, 0.1) is 13.0 Å². The van der Waals surface area contributed by atoms with Crippen molar-refractivity contribution in [2.45, 2.75) is 40.1 Å². The summed E-state index contributed by atoms with van der Waals surface area (Å²) in [6.45, 7) is 12.2. The minimum atomic E-state index is -1.13. The molecule has 5 nitrogen and oxygen atoms in total. The van der Waals surface area contributed by atoms with Gasteiger partial charge in [-0.1, -0.05) is 6.58 Å². The summed E-state index contributed by atoms with van der Waals surface area (Å²) in [6.07, 6.45) is 0.321. The van der Waals surface area contributed by atoms with Gasteiger partial charge in [-0.2, -0.15) is 0 Å². The standard InChI is InChI=1S/C13H24O5/c1-6-16-13(17-7-2,18-8-3)9-10-15-12(14)11(4)5/h4,6-10H2,1-3,5H3. The van der Waals surface area contributed by atoms with E-state index >= 15 is 0 Å². The van der Waals surface area contributed by atoms with Crippen molar-refractivity contribution in [1.29, 1.82) is 0 Å². The lowest BCUT2D eigenvalue weighted by Crippen LogP contribution is -2.40. The Morgan fingerprint density at radius 3 is 1.83 bits per heavy atom. The lowest BCUT2D eigenvalue weighted by Gasteiger charge is -2.32. The summed E-state index contributed by atoms with van der Waals surface area (Å²) in [6, 6.07) is 0. The molecule has 0 aliphatic heterocycles. The van der Waals surface area contributed by atoms with E-state index in [4.69, 9.17) is 18.9 Å². The van der Waals surface area contributed by atoms with Gasteiger partial charge >= 0.3 is 5.97 Å². The van der Waals surface area contributed by atoms with Crippen LogP contribution in [0, 0.1) is 0 Å². The summed E-state index contributed by atoms with van der Waals surface area (Å²) in [5.74, 6) is -1.55. The molecule has 0 radical (unpaired) electrons. The molecule has 106 valence electrons. The molecule has 0 aromatic rings. The predicted octanol–water partition coefficient (Wildman–Crippen LogP) is 2.26. The third kappa shape index (κ3) is 6.14. The number of hydrogen-bond donors (Lipinski definition) is 0. The molecule has 0 aromatic heterocycles. The maximum absolute atomic E-state index is 11.3. The van der Waals surface area contributed by atoms with Crippen LogP contribution in [0.25, 0.3) is 0 Å². The molecule has 0 unspecified atom stereocenters. The van der Waals surface area contributed by atoms with Crippen LogP contribution in [0.1, 0.15) is 34.1 Å². The lowest BCUT2D eigenvalue weighted by atomic mass is 10.3. The third-order valence-corrected chi connectivity index (χ3v) is 2.08. The minimum absolute atomic E-state index is 0.158. The zero-order chi connectivity index (χ0) is 14.0.